The van der Waals surface area contributed by atoms with Crippen molar-refractivity contribution in [2.24, 2.45) is 0 Å². The molecule has 4 heteroatoms. The first kappa shape index (κ1) is 26.2. The normalized spacial score (nSPS) is 12.6. The summed E-state index contributed by atoms with van der Waals surface area (Å²) in [5, 5.41) is 0. The molecule has 0 saturated heterocycles. The number of carbonyl (C=O) groups excluding carboxylic acids is 1. The summed E-state index contributed by atoms with van der Waals surface area (Å²) in [6, 6.07) is 12.6. The Hall–Kier alpha value is -2.07. The number of aldehydes is 1. The van der Waals surface area contributed by atoms with Gasteiger partial charge in [0, 0.05) is 29.9 Å². The van der Waals surface area contributed by atoms with Gasteiger partial charge in [0.1, 0.15) is 5.75 Å². The van der Waals surface area contributed by atoms with Crippen LogP contribution in [0.25, 0.3) is 0 Å². The average Bonchev–Trinajstić information content (AvgIpc) is 2.65. The van der Waals surface area contributed by atoms with Gasteiger partial charge in [0.2, 0.25) is 8.32 Å². The third kappa shape index (κ3) is 6.71. The van der Waals surface area contributed by atoms with Gasteiger partial charge in [0.05, 0.1) is 0 Å². The first-order chi connectivity index (χ1) is 14.7. The molecule has 0 radical (unpaired) electrons. The average molecular weight is 454 g/mol. The number of anilines is 1. The van der Waals surface area contributed by atoms with Crippen LogP contribution in [0.1, 0.15) is 81.9 Å². The molecule has 0 fully saturated rings. The molecule has 0 heterocycles. The fraction of sp³-hybridized carbons (Fsp3) is 0.536. The van der Waals surface area contributed by atoms with Crippen LogP contribution in [0.2, 0.25) is 19.6 Å². The smallest absolute Gasteiger partial charge is 0.242 e. The zero-order chi connectivity index (χ0) is 24.3. The van der Waals surface area contributed by atoms with Crippen LogP contribution in [0, 0.1) is 0 Å². The predicted molar refractivity (Wildman–Crippen MR) is 141 cm³/mol. The highest BCUT2D eigenvalue weighted by Crippen LogP contribution is 2.40. The van der Waals surface area contributed by atoms with Crippen molar-refractivity contribution in [2.75, 3.05) is 11.4 Å². The Bertz CT molecular complexity index is 930. The van der Waals surface area contributed by atoms with Crippen LogP contribution in [0.15, 0.2) is 36.4 Å². The summed E-state index contributed by atoms with van der Waals surface area (Å²) in [6.45, 7) is 24.1. The lowest BCUT2D eigenvalue weighted by Crippen LogP contribution is -2.33. The molecule has 3 nitrogen and oxygen atoms in total. The Morgan fingerprint density at radius 2 is 1.59 bits per heavy atom. The van der Waals surface area contributed by atoms with Gasteiger partial charge in [-0.3, -0.25) is 4.79 Å². The van der Waals surface area contributed by atoms with Crippen molar-refractivity contribution >= 4 is 20.3 Å². The Balaban J connectivity index is 2.75. The minimum atomic E-state index is -1.84. The van der Waals surface area contributed by atoms with Crippen LogP contribution in [0.3, 0.4) is 0 Å². The molecule has 0 aliphatic heterocycles. The second-order valence-corrected chi connectivity index (χ2v) is 16.3. The summed E-state index contributed by atoms with van der Waals surface area (Å²) in [6.07, 6.45) is 1.96. The van der Waals surface area contributed by atoms with Crippen molar-refractivity contribution < 1.29 is 9.22 Å². The van der Waals surface area contributed by atoms with Crippen LogP contribution in [0.4, 0.5) is 5.69 Å². The van der Waals surface area contributed by atoms with E-state index in [1.807, 2.05) is 18.2 Å². The maximum Gasteiger partial charge on any atom is 0.242 e. The van der Waals surface area contributed by atoms with E-state index >= 15 is 0 Å². The van der Waals surface area contributed by atoms with Crippen molar-refractivity contribution in [3.05, 3.63) is 58.7 Å². The molecule has 0 unspecified atom stereocenters. The molecule has 0 atom stereocenters. The molecule has 0 aliphatic rings. The zero-order valence-corrected chi connectivity index (χ0v) is 22.9. The van der Waals surface area contributed by atoms with E-state index in [0.29, 0.717) is 6.54 Å². The summed E-state index contributed by atoms with van der Waals surface area (Å²) in [5.41, 5.74) is 5.50. The monoisotopic (exact) mass is 453 g/mol. The lowest BCUT2D eigenvalue weighted by atomic mass is 9.79. The van der Waals surface area contributed by atoms with Crippen LogP contribution >= 0.6 is 0 Å². The fourth-order valence-electron chi connectivity index (χ4n) is 3.86. The SMILES string of the molecule is CCCN(Cc1cc(C(C)(C)C)cc(C(C)(C)C)c1O[Si](C)(C)C)c1ccccc1C=O. The van der Waals surface area contributed by atoms with Gasteiger partial charge in [0.15, 0.2) is 6.29 Å². The summed E-state index contributed by atoms with van der Waals surface area (Å²) >= 11 is 0. The minimum absolute atomic E-state index is 0.0305. The van der Waals surface area contributed by atoms with Gasteiger partial charge in [-0.1, -0.05) is 66.7 Å². The van der Waals surface area contributed by atoms with E-state index in [1.165, 1.54) is 16.7 Å². The molecule has 0 aromatic heterocycles. The molecular weight excluding hydrogens is 410 g/mol. The minimum Gasteiger partial charge on any atom is -0.544 e. The molecule has 32 heavy (non-hydrogen) atoms. The molecule has 0 aliphatic carbocycles. The molecule has 0 bridgehead atoms. The summed E-state index contributed by atoms with van der Waals surface area (Å²) in [4.78, 5) is 14.1. The number of rotatable bonds is 8. The van der Waals surface area contributed by atoms with Gasteiger partial charge in [-0.2, -0.15) is 0 Å². The number of carbonyl (C=O) groups is 1. The molecule has 176 valence electrons. The molecule has 2 rings (SSSR count). The molecule has 0 saturated carbocycles. The molecule has 0 amide bonds. The second kappa shape index (κ2) is 9.82. The number of hydrogen-bond donors (Lipinski definition) is 0. The van der Waals surface area contributed by atoms with E-state index in [-0.39, 0.29) is 10.8 Å². The van der Waals surface area contributed by atoms with Crippen molar-refractivity contribution in [1.82, 2.24) is 0 Å². The predicted octanol–water partition coefficient (Wildman–Crippen LogP) is 7.72. The number of nitrogens with zero attached hydrogens (tertiary/aromatic N) is 1. The highest BCUT2D eigenvalue weighted by molar-refractivity contribution is 6.70. The topological polar surface area (TPSA) is 29.5 Å². The highest BCUT2D eigenvalue weighted by Gasteiger charge is 2.29. The Labute approximate surface area is 197 Å². The van der Waals surface area contributed by atoms with E-state index in [9.17, 15) is 4.79 Å². The fourth-order valence-corrected chi connectivity index (χ4v) is 4.71. The summed E-state index contributed by atoms with van der Waals surface area (Å²) in [7, 11) is -1.84. The standard InChI is InChI=1S/C28H43NO2Si/c1-11-16-29(25-15-13-12-14-21(25)20-30)19-22-17-23(27(2,3)4)18-24(28(5,6)7)26(22)31-32(8,9)10/h12-15,17-18,20H,11,16,19H2,1-10H3. The molecular formula is C28H43NO2Si. The first-order valence-electron chi connectivity index (χ1n) is 11.8. The van der Waals surface area contributed by atoms with Crippen LogP contribution in [-0.4, -0.2) is 21.1 Å². The largest absolute Gasteiger partial charge is 0.544 e. The highest BCUT2D eigenvalue weighted by atomic mass is 28.4. The van der Waals surface area contributed by atoms with Gasteiger partial charge in [-0.05, 0) is 66.2 Å². The lowest BCUT2D eigenvalue weighted by molar-refractivity contribution is 0.112. The van der Waals surface area contributed by atoms with Crippen molar-refractivity contribution in [3.8, 4) is 5.75 Å². The van der Waals surface area contributed by atoms with Crippen LogP contribution < -0.4 is 9.33 Å². The van der Waals surface area contributed by atoms with Crippen LogP contribution in [0.5, 0.6) is 5.75 Å². The van der Waals surface area contributed by atoms with E-state index in [0.717, 1.165) is 36.3 Å². The Kier molecular flexibility index (Phi) is 8.04. The Morgan fingerprint density at radius 3 is 2.09 bits per heavy atom. The van der Waals surface area contributed by atoms with E-state index in [2.05, 4.69) is 91.2 Å². The number of hydrogen-bond acceptors (Lipinski definition) is 3. The molecule has 2 aromatic rings. The quantitative estimate of drug-likeness (QED) is 0.302. The lowest BCUT2D eigenvalue weighted by Gasteiger charge is -2.34. The summed E-state index contributed by atoms with van der Waals surface area (Å²) in [5.74, 6) is 1.04. The third-order valence-corrected chi connectivity index (χ3v) is 6.32. The van der Waals surface area contributed by atoms with Crippen molar-refractivity contribution in [3.63, 3.8) is 0 Å². The maximum atomic E-state index is 11.8. The van der Waals surface area contributed by atoms with E-state index in [1.54, 1.807) is 0 Å². The van der Waals surface area contributed by atoms with E-state index < -0.39 is 8.32 Å². The third-order valence-electron chi connectivity index (χ3n) is 5.51. The first-order valence-corrected chi connectivity index (χ1v) is 15.2. The van der Waals surface area contributed by atoms with E-state index in [4.69, 9.17) is 4.43 Å². The summed E-state index contributed by atoms with van der Waals surface area (Å²) < 4.78 is 6.77. The van der Waals surface area contributed by atoms with Gasteiger partial charge in [-0.15, -0.1) is 0 Å². The van der Waals surface area contributed by atoms with Gasteiger partial charge in [-0.25, -0.2) is 0 Å². The van der Waals surface area contributed by atoms with Crippen molar-refractivity contribution in [1.29, 1.82) is 0 Å². The molecule has 0 N–H and O–H groups in total. The number of benzene rings is 2. The Morgan fingerprint density at radius 1 is 0.969 bits per heavy atom. The zero-order valence-electron chi connectivity index (χ0n) is 21.9. The maximum absolute atomic E-state index is 11.8. The number of para-hydroxylation sites is 1. The van der Waals surface area contributed by atoms with Gasteiger partial charge < -0.3 is 9.33 Å². The second-order valence-electron chi connectivity index (χ2n) is 11.8. The molecule has 2 aromatic carbocycles. The van der Waals surface area contributed by atoms with Crippen LogP contribution in [-0.2, 0) is 17.4 Å². The van der Waals surface area contributed by atoms with Gasteiger partial charge >= 0.3 is 0 Å². The molecule has 0 spiro atoms. The van der Waals surface area contributed by atoms with Crippen molar-refractivity contribution in [2.45, 2.75) is 91.9 Å². The van der Waals surface area contributed by atoms with Gasteiger partial charge in [0.25, 0.3) is 0 Å².